The fraction of sp³-hybridized carbons (Fsp3) is 0.188. The number of halogens is 2. The van der Waals surface area contributed by atoms with E-state index in [0.29, 0.717) is 32.6 Å². The molecule has 0 bridgehead atoms. The lowest BCUT2D eigenvalue weighted by Crippen LogP contribution is -2.22. The van der Waals surface area contributed by atoms with Gasteiger partial charge in [-0.05, 0) is 38.1 Å². The number of hydrogen-bond acceptors (Lipinski definition) is 6. The van der Waals surface area contributed by atoms with Crippen LogP contribution in [0.3, 0.4) is 0 Å². The Balaban J connectivity index is 1.66. The molecule has 130 valence electrons. The Morgan fingerprint density at radius 3 is 2.76 bits per heavy atom. The number of carbonyl (C=O) groups is 1. The molecule has 0 fully saturated rings. The number of nitrogens with zero attached hydrogens (tertiary/aromatic N) is 2. The first-order valence-corrected chi connectivity index (χ1v) is 8.88. The second-order valence-electron chi connectivity index (χ2n) is 5.14. The molecule has 0 unspecified atom stereocenters. The maximum Gasteiger partial charge on any atom is 0.277 e. The number of amides is 1. The zero-order valence-corrected chi connectivity index (χ0v) is 15.6. The molecular formula is C16H13Cl2N3O3S. The van der Waals surface area contributed by atoms with Gasteiger partial charge in [-0.2, -0.15) is 0 Å². The summed E-state index contributed by atoms with van der Waals surface area (Å²) in [5.41, 5.74) is 1.22. The molecule has 1 aromatic carbocycles. The normalized spacial score (nSPS) is 12.2. The number of aromatic nitrogens is 2. The molecule has 3 rings (SSSR count). The average Bonchev–Trinajstić information content (AvgIpc) is 3.18. The van der Waals surface area contributed by atoms with Crippen molar-refractivity contribution in [2.45, 2.75) is 24.3 Å². The summed E-state index contributed by atoms with van der Waals surface area (Å²) in [4.78, 5) is 12.3. The number of anilines is 1. The SMILES string of the molecule is Cc1occc1-c1nnc(S[C@H](C)C(=O)Nc2ccc(Cl)cc2Cl)o1. The molecular weight excluding hydrogens is 385 g/mol. The van der Waals surface area contributed by atoms with E-state index in [4.69, 9.17) is 32.0 Å². The molecule has 9 heteroatoms. The predicted molar refractivity (Wildman–Crippen MR) is 97.1 cm³/mol. The molecule has 0 aliphatic rings. The zero-order chi connectivity index (χ0) is 18.0. The van der Waals surface area contributed by atoms with E-state index in [0.717, 1.165) is 17.3 Å². The van der Waals surface area contributed by atoms with Gasteiger partial charge in [0.15, 0.2) is 0 Å². The molecule has 0 saturated heterocycles. The number of benzene rings is 1. The quantitative estimate of drug-likeness (QED) is 0.605. The van der Waals surface area contributed by atoms with Crippen LogP contribution in [0.5, 0.6) is 0 Å². The Labute approximate surface area is 157 Å². The van der Waals surface area contributed by atoms with Crippen LogP contribution in [0.1, 0.15) is 12.7 Å². The van der Waals surface area contributed by atoms with Crippen molar-refractivity contribution in [2.75, 3.05) is 5.32 Å². The Morgan fingerprint density at radius 2 is 2.08 bits per heavy atom. The van der Waals surface area contributed by atoms with Gasteiger partial charge in [-0.25, -0.2) is 0 Å². The van der Waals surface area contributed by atoms with Gasteiger partial charge in [0.05, 0.1) is 27.8 Å². The molecule has 0 aliphatic carbocycles. The number of nitrogens with one attached hydrogen (secondary N) is 1. The number of furan rings is 1. The van der Waals surface area contributed by atoms with Crippen molar-refractivity contribution in [1.29, 1.82) is 0 Å². The number of thioether (sulfide) groups is 1. The van der Waals surface area contributed by atoms with Crippen LogP contribution in [-0.4, -0.2) is 21.4 Å². The third-order valence-corrected chi connectivity index (χ3v) is 4.81. The van der Waals surface area contributed by atoms with Gasteiger partial charge >= 0.3 is 0 Å². The number of rotatable bonds is 5. The lowest BCUT2D eigenvalue weighted by Gasteiger charge is -2.11. The Morgan fingerprint density at radius 1 is 1.28 bits per heavy atom. The highest BCUT2D eigenvalue weighted by atomic mass is 35.5. The van der Waals surface area contributed by atoms with E-state index >= 15 is 0 Å². The van der Waals surface area contributed by atoms with Crippen LogP contribution in [-0.2, 0) is 4.79 Å². The van der Waals surface area contributed by atoms with Gasteiger partial charge in [0.25, 0.3) is 11.1 Å². The van der Waals surface area contributed by atoms with E-state index in [1.807, 2.05) is 0 Å². The lowest BCUT2D eigenvalue weighted by atomic mass is 10.3. The van der Waals surface area contributed by atoms with E-state index in [1.165, 1.54) is 0 Å². The minimum absolute atomic E-state index is 0.242. The van der Waals surface area contributed by atoms with Crippen LogP contribution < -0.4 is 5.32 Å². The zero-order valence-electron chi connectivity index (χ0n) is 13.2. The van der Waals surface area contributed by atoms with E-state index < -0.39 is 5.25 Å². The Kier molecular flexibility index (Phi) is 5.36. The Hall–Kier alpha value is -1.96. The first kappa shape index (κ1) is 17.8. The highest BCUT2D eigenvalue weighted by Crippen LogP contribution is 2.30. The van der Waals surface area contributed by atoms with Gasteiger partial charge in [-0.15, -0.1) is 10.2 Å². The summed E-state index contributed by atoms with van der Waals surface area (Å²) in [5, 5.41) is 11.4. The van der Waals surface area contributed by atoms with Crippen molar-refractivity contribution >= 4 is 46.6 Å². The maximum atomic E-state index is 12.3. The first-order valence-electron chi connectivity index (χ1n) is 7.24. The van der Waals surface area contributed by atoms with Gasteiger partial charge in [0.1, 0.15) is 5.76 Å². The monoisotopic (exact) mass is 397 g/mol. The summed E-state index contributed by atoms with van der Waals surface area (Å²) in [5.74, 6) is 0.791. The standard InChI is InChI=1S/C16H13Cl2N3O3S/c1-8-11(5-6-23-8)15-20-21-16(24-15)25-9(2)14(22)19-13-4-3-10(17)7-12(13)18/h3-7,9H,1-2H3,(H,19,22)/t9-/m1/s1. The molecule has 0 radical (unpaired) electrons. The van der Waals surface area contributed by atoms with E-state index in [-0.39, 0.29) is 5.91 Å². The fourth-order valence-electron chi connectivity index (χ4n) is 2.00. The molecule has 1 N–H and O–H groups in total. The fourth-order valence-corrected chi connectivity index (χ4v) is 3.14. The van der Waals surface area contributed by atoms with Crippen LogP contribution in [0.2, 0.25) is 10.0 Å². The third-order valence-electron chi connectivity index (χ3n) is 3.33. The predicted octanol–water partition coefficient (Wildman–Crippen LogP) is 5.06. The largest absolute Gasteiger partial charge is 0.469 e. The molecule has 25 heavy (non-hydrogen) atoms. The molecule has 6 nitrogen and oxygen atoms in total. The van der Waals surface area contributed by atoms with Crippen molar-refractivity contribution in [3.8, 4) is 11.5 Å². The third kappa shape index (κ3) is 4.18. The van der Waals surface area contributed by atoms with Crippen LogP contribution >= 0.6 is 35.0 Å². The molecule has 2 heterocycles. The van der Waals surface area contributed by atoms with Gasteiger partial charge in [-0.1, -0.05) is 35.0 Å². The average molecular weight is 398 g/mol. The summed E-state index contributed by atoms with van der Waals surface area (Å²) >= 11 is 13.1. The lowest BCUT2D eigenvalue weighted by molar-refractivity contribution is -0.115. The minimum Gasteiger partial charge on any atom is -0.469 e. The summed E-state index contributed by atoms with van der Waals surface area (Å²) in [6.45, 7) is 3.54. The summed E-state index contributed by atoms with van der Waals surface area (Å²) < 4.78 is 10.8. The van der Waals surface area contributed by atoms with E-state index in [1.54, 1.807) is 44.4 Å². The van der Waals surface area contributed by atoms with Gasteiger partial charge < -0.3 is 14.2 Å². The summed E-state index contributed by atoms with van der Waals surface area (Å²) in [6, 6.07) is 6.61. The first-order chi connectivity index (χ1) is 11.9. The second kappa shape index (κ2) is 7.51. The Bertz CT molecular complexity index is 910. The molecule has 1 atom stereocenters. The number of carbonyl (C=O) groups excluding carboxylic acids is 1. The molecule has 0 saturated carbocycles. The highest BCUT2D eigenvalue weighted by Gasteiger charge is 2.20. The van der Waals surface area contributed by atoms with Gasteiger partial charge in [0, 0.05) is 5.02 Å². The molecule has 0 aliphatic heterocycles. The van der Waals surface area contributed by atoms with E-state index in [9.17, 15) is 4.79 Å². The van der Waals surface area contributed by atoms with Crippen LogP contribution in [0.4, 0.5) is 5.69 Å². The van der Waals surface area contributed by atoms with Crippen molar-refractivity contribution in [2.24, 2.45) is 0 Å². The van der Waals surface area contributed by atoms with Crippen molar-refractivity contribution in [1.82, 2.24) is 10.2 Å². The highest BCUT2D eigenvalue weighted by molar-refractivity contribution is 8.00. The topological polar surface area (TPSA) is 81.2 Å². The van der Waals surface area contributed by atoms with Gasteiger partial charge in [-0.3, -0.25) is 4.79 Å². The molecule has 2 aromatic heterocycles. The molecule has 3 aromatic rings. The number of hydrogen-bond donors (Lipinski definition) is 1. The van der Waals surface area contributed by atoms with Crippen molar-refractivity contribution in [3.63, 3.8) is 0 Å². The summed E-state index contributed by atoms with van der Waals surface area (Å²) in [7, 11) is 0. The van der Waals surface area contributed by atoms with Crippen LogP contribution in [0.15, 0.2) is 44.6 Å². The van der Waals surface area contributed by atoms with Gasteiger partial charge in [0.2, 0.25) is 5.91 Å². The van der Waals surface area contributed by atoms with Crippen molar-refractivity contribution in [3.05, 3.63) is 46.3 Å². The summed E-state index contributed by atoms with van der Waals surface area (Å²) in [6.07, 6.45) is 1.55. The van der Waals surface area contributed by atoms with E-state index in [2.05, 4.69) is 15.5 Å². The van der Waals surface area contributed by atoms with Crippen LogP contribution in [0.25, 0.3) is 11.5 Å². The maximum absolute atomic E-state index is 12.3. The minimum atomic E-state index is -0.467. The molecule has 1 amide bonds. The van der Waals surface area contributed by atoms with Crippen molar-refractivity contribution < 1.29 is 13.6 Å². The molecule has 0 spiro atoms. The smallest absolute Gasteiger partial charge is 0.277 e. The second-order valence-corrected chi connectivity index (χ2v) is 7.27. The number of aryl methyl sites for hydroxylation is 1. The van der Waals surface area contributed by atoms with Crippen LogP contribution in [0, 0.1) is 6.92 Å².